The lowest BCUT2D eigenvalue weighted by atomic mass is 9.82. The van der Waals surface area contributed by atoms with Gasteiger partial charge in [-0.1, -0.05) is 26.3 Å². The fourth-order valence-electron chi connectivity index (χ4n) is 1.58. The number of aliphatic hydroxyl groups is 1. The van der Waals surface area contributed by atoms with E-state index in [2.05, 4.69) is 0 Å². The molecule has 1 N–H and O–H groups in total. The van der Waals surface area contributed by atoms with Crippen molar-refractivity contribution in [1.82, 2.24) is 0 Å². The molecule has 1 aromatic carbocycles. The third-order valence-corrected chi connectivity index (χ3v) is 3.15. The van der Waals surface area contributed by atoms with Gasteiger partial charge < -0.3 is 5.11 Å². The summed E-state index contributed by atoms with van der Waals surface area (Å²) < 4.78 is 39.2. The molecule has 2 atom stereocenters. The van der Waals surface area contributed by atoms with E-state index in [1.807, 2.05) is 6.92 Å². The third kappa shape index (κ3) is 2.07. The Morgan fingerprint density at radius 2 is 1.81 bits per heavy atom. The maximum Gasteiger partial charge on any atom is 0.194 e. The van der Waals surface area contributed by atoms with Crippen molar-refractivity contribution in [3.05, 3.63) is 35.1 Å². The molecule has 0 fully saturated rings. The average Bonchev–Trinajstić information content (AvgIpc) is 2.24. The van der Waals surface area contributed by atoms with Crippen molar-refractivity contribution in [3.63, 3.8) is 0 Å². The molecule has 1 nitrogen and oxygen atoms in total. The van der Waals surface area contributed by atoms with Gasteiger partial charge in [-0.15, -0.1) is 0 Å². The van der Waals surface area contributed by atoms with Crippen LogP contribution in [0, 0.1) is 23.4 Å². The molecule has 1 rings (SSSR count). The zero-order valence-electron chi connectivity index (χ0n) is 9.52. The first-order chi connectivity index (χ1) is 7.32. The summed E-state index contributed by atoms with van der Waals surface area (Å²) in [7, 11) is 0. The van der Waals surface area contributed by atoms with Gasteiger partial charge in [0.2, 0.25) is 0 Å². The van der Waals surface area contributed by atoms with E-state index in [4.69, 9.17) is 0 Å². The van der Waals surface area contributed by atoms with Gasteiger partial charge in [-0.2, -0.15) is 0 Å². The standard InChI is InChI=1S/C12H15F3O/c1-4-7(2)12(3,16)8-5-6-9(13)11(15)10(8)14/h5-7,16H,4H2,1-3H3. The van der Waals surface area contributed by atoms with E-state index >= 15 is 0 Å². The van der Waals surface area contributed by atoms with Crippen LogP contribution in [-0.2, 0) is 5.60 Å². The fraction of sp³-hybridized carbons (Fsp3) is 0.500. The van der Waals surface area contributed by atoms with E-state index in [1.54, 1.807) is 6.92 Å². The summed E-state index contributed by atoms with van der Waals surface area (Å²) in [5.41, 5.74) is -1.71. The van der Waals surface area contributed by atoms with E-state index in [0.717, 1.165) is 12.1 Å². The van der Waals surface area contributed by atoms with E-state index in [1.165, 1.54) is 6.92 Å². The molecular formula is C12H15F3O. The first-order valence-corrected chi connectivity index (χ1v) is 5.18. The van der Waals surface area contributed by atoms with Crippen LogP contribution in [0.3, 0.4) is 0 Å². The fourth-order valence-corrected chi connectivity index (χ4v) is 1.58. The minimum Gasteiger partial charge on any atom is -0.385 e. The van der Waals surface area contributed by atoms with E-state index < -0.39 is 23.1 Å². The predicted molar refractivity (Wildman–Crippen MR) is 55.3 cm³/mol. The van der Waals surface area contributed by atoms with Crippen molar-refractivity contribution >= 4 is 0 Å². The Labute approximate surface area is 92.9 Å². The zero-order chi connectivity index (χ0) is 12.5. The molecule has 0 saturated carbocycles. The summed E-state index contributed by atoms with van der Waals surface area (Å²) in [6, 6.07) is 1.91. The monoisotopic (exact) mass is 232 g/mol. The van der Waals surface area contributed by atoms with E-state index in [9.17, 15) is 18.3 Å². The Balaban J connectivity index is 3.29. The highest BCUT2D eigenvalue weighted by atomic mass is 19.2. The molecule has 0 aliphatic carbocycles. The Morgan fingerprint density at radius 3 is 2.31 bits per heavy atom. The number of halogens is 3. The summed E-state index contributed by atoms with van der Waals surface area (Å²) in [6.45, 7) is 4.95. The van der Waals surface area contributed by atoms with Crippen LogP contribution in [0.2, 0.25) is 0 Å². The lowest BCUT2D eigenvalue weighted by molar-refractivity contribution is -0.00385. The Kier molecular flexibility index (Phi) is 3.63. The second-order valence-electron chi connectivity index (χ2n) is 4.18. The molecule has 0 aromatic heterocycles. The SMILES string of the molecule is CCC(C)C(C)(O)c1ccc(F)c(F)c1F. The second kappa shape index (κ2) is 4.45. The molecule has 16 heavy (non-hydrogen) atoms. The van der Waals surface area contributed by atoms with Gasteiger partial charge in [-0.05, 0) is 18.9 Å². The third-order valence-electron chi connectivity index (χ3n) is 3.15. The number of hydrogen-bond donors (Lipinski definition) is 1. The number of hydrogen-bond acceptors (Lipinski definition) is 1. The van der Waals surface area contributed by atoms with Crippen LogP contribution < -0.4 is 0 Å². The molecule has 0 aliphatic rings. The van der Waals surface area contributed by atoms with Crippen molar-refractivity contribution < 1.29 is 18.3 Å². The highest BCUT2D eigenvalue weighted by Crippen LogP contribution is 2.33. The Hall–Kier alpha value is -1.03. The second-order valence-corrected chi connectivity index (χ2v) is 4.18. The minimum atomic E-state index is -1.54. The molecule has 4 heteroatoms. The molecule has 0 bridgehead atoms. The average molecular weight is 232 g/mol. The topological polar surface area (TPSA) is 20.2 Å². The van der Waals surface area contributed by atoms with Gasteiger partial charge in [0.25, 0.3) is 0 Å². The molecule has 0 radical (unpaired) electrons. The molecule has 0 saturated heterocycles. The summed E-state index contributed by atoms with van der Waals surface area (Å²) in [6.07, 6.45) is 0.603. The molecular weight excluding hydrogens is 217 g/mol. The van der Waals surface area contributed by atoms with E-state index in [0.29, 0.717) is 6.42 Å². The normalized spacial score (nSPS) is 16.9. The first kappa shape index (κ1) is 13.0. The van der Waals surface area contributed by atoms with Crippen LogP contribution in [-0.4, -0.2) is 5.11 Å². The van der Waals surface area contributed by atoms with Gasteiger partial charge >= 0.3 is 0 Å². The molecule has 0 aliphatic heterocycles. The summed E-state index contributed by atoms with van der Waals surface area (Å²) >= 11 is 0. The number of rotatable bonds is 3. The summed E-state index contributed by atoms with van der Waals surface area (Å²) in [5, 5.41) is 10.1. The maximum atomic E-state index is 13.5. The van der Waals surface area contributed by atoms with Gasteiger partial charge in [0.1, 0.15) is 0 Å². The van der Waals surface area contributed by atoms with Crippen LogP contribution in [0.5, 0.6) is 0 Å². The summed E-state index contributed by atoms with van der Waals surface area (Å²) in [4.78, 5) is 0. The van der Waals surface area contributed by atoms with Crippen molar-refractivity contribution in [2.24, 2.45) is 5.92 Å². The van der Waals surface area contributed by atoms with Crippen LogP contribution >= 0.6 is 0 Å². The van der Waals surface area contributed by atoms with Gasteiger partial charge in [0, 0.05) is 5.56 Å². The van der Waals surface area contributed by atoms with E-state index in [-0.39, 0.29) is 11.5 Å². The highest BCUT2D eigenvalue weighted by molar-refractivity contribution is 5.26. The number of benzene rings is 1. The van der Waals surface area contributed by atoms with Crippen molar-refractivity contribution in [3.8, 4) is 0 Å². The quantitative estimate of drug-likeness (QED) is 0.792. The van der Waals surface area contributed by atoms with Gasteiger partial charge in [-0.25, -0.2) is 13.2 Å². The lowest BCUT2D eigenvalue weighted by Gasteiger charge is -2.30. The highest BCUT2D eigenvalue weighted by Gasteiger charge is 2.33. The van der Waals surface area contributed by atoms with Crippen LogP contribution in [0.25, 0.3) is 0 Å². The lowest BCUT2D eigenvalue weighted by Crippen LogP contribution is -2.31. The van der Waals surface area contributed by atoms with Crippen molar-refractivity contribution in [2.75, 3.05) is 0 Å². The smallest absolute Gasteiger partial charge is 0.194 e. The van der Waals surface area contributed by atoms with Crippen LogP contribution in [0.1, 0.15) is 32.8 Å². The predicted octanol–water partition coefficient (Wildman–Crippen LogP) is 3.36. The molecule has 0 heterocycles. The van der Waals surface area contributed by atoms with Crippen molar-refractivity contribution in [1.29, 1.82) is 0 Å². The van der Waals surface area contributed by atoms with Gasteiger partial charge in [0.05, 0.1) is 5.60 Å². The minimum absolute atomic E-state index is 0.208. The Morgan fingerprint density at radius 1 is 1.25 bits per heavy atom. The molecule has 1 aromatic rings. The molecule has 0 spiro atoms. The zero-order valence-corrected chi connectivity index (χ0v) is 9.52. The van der Waals surface area contributed by atoms with Gasteiger partial charge in [-0.3, -0.25) is 0 Å². The van der Waals surface area contributed by atoms with Gasteiger partial charge in [0.15, 0.2) is 17.5 Å². The molecule has 90 valence electrons. The van der Waals surface area contributed by atoms with Crippen molar-refractivity contribution in [2.45, 2.75) is 32.8 Å². The molecule has 0 amide bonds. The first-order valence-electron chi connectivity index (χ1n) is 5.18. The Bertz CT molecular complexity index is 388. The molecule has 2 unspecified atom stereocenters. The van der Waals surface area contributed by atoms with Crippen LogP contribution in [0.4, 0.5) is 13.2 Å². The van der Waals surface area contributed by atoms with Crippen LogP contribution in [0.15, 0.2) is 12.1 Å². The maximum absolute atomic E-state index is 13.5. The summed E-state index contributed by atoms with van der Waals surface area (Å²) in [5.74, 6) is -4.36. The largest absolute Gasteiger partial charge is 0.385 e.